The number of piperidine rings is 1. The zero-order chi connectivity index (χ0) is 18.8. The van der Waals surface area contributed by atoms with Crippen molar-refractivity contribution in [1.29, 1.82) is 0 Å². The summed E-state index contributed by atoms with van der Waals surface area (Å²) in [5, 5.41) is 6.51. The third-order valence-electron chi connectivity index (χ3n) is 4.60. The monoisotopic (exact) mass is 360 g/mol. The van der Waals surface area contributed by atoms with Gasteiger partial charge in [-0.2, -0.15) is 0 Å². The fraction of sp³-hybridized carbons (Fsp3) is 0.600. The average molecular weight is 361 g/mol. The van der Waals surface area contributed by atoms with E-state index in [0.717, 1.165) is 56.8 Å². The molecular formula is C20H32N4O2. The zero-order valence-electron chi connectivity index (χ0n) is 16.3. The van der Waals surface area contributed by atoms with Gasteiger partial charge in [-0.1, -0.05) is 12.1 Å². The van der Waals surface area contributed by atoms with Gasteiger partial charge in [0.05, 0.1) is 7.11 Å². The molecule has 144 valence electrons. The molecular weight excluding hydrogens is 328 g/mol. The van der Waals surface area contributed by atoms with E-state index >= 15 is 0 Å². The smallest absolute Gasteiger partial charge is 0.244 e. The van der Waals surface area contributed by atoms with Crippen molar-refractivity contribution < 1.29 is 9.53 Å². The number of rotatable bonds is 7. The number of methoxy groups -OCH3 is 1. The van der Waals surface area contributed by atoms with Crippen molar-refractivity contribution in [3.05, 3.63) is 29.3 Å². The lowest BCUT2D eigenvalue weighted by Gasteiger charge is -2.26. The highest BCUT2D eigenvalue weighted by Crippen LogP contribution is 2.19. The molecule has 26 heavy (non-hydrogen) atoms. The number of carbonyl (C=O) groups is 1. The summed E-state index contributed by atoms with van der Waals surface area (Å²) in [4.78, 5) is 18.6. The molecule has 1 saturated heterocycles. The van der Waals surface area contributed by atoms with E-state index in [-0.39, 0.29) is 12.5 Å². The fourth-order valence-corrected chi connectivity index (χ4v) is 3.08. The molecule has 2 N–H and O–H groups in total. The molecule has 1 fully saturated rings. The number of hydrogen-bond donors (Lipinski definition) is 2. The minimum atomic E-state index is 0.116. The van der Waals surface area contributed by atoms with Crippen LogP contribution in [0.2, 0.25) is 0 Å². The largest absolute Gasteiger partial charge is 0.496 e. The van der Waals surface area contributed by atoms with Gasteiger partial charge in [0.2, 0.25) is 5.91 Å². The van der Waals surface area contributed by atoms with E-state index < -0.39 is 0 Å². The van der Waals surface area contributed by atoms with Gasteiger partial charge in [0, 0.05) is 26.2 Å². The van der Waals surface area contributed by atoms with Crippen LogP contribution in [0.4, 0.5) is 0 Å². The molecule has 6 nitrogen and oxygen atoms in total. The minimum Gasteiger partial charge on any atom is -0.496 e. The van der Waals surface area contributed by atoms with E-state index in [0.29, 0.717) is 5.96 Å². The first kappa shape index (κ1) is 20.1. The standard InChI is InChI=1S/C20H32N4O2/c1-4-21-20(23-15-19(25)24-12-6-5-7-13-24)22-11-10-17-9-8-16(2)18(14-17)26-3/h8-9,14H,4-7,10-13,15H2,1-3H3,(H2,21,22,23). The van der Waals surface area contributed by atoms with Gasteiger partial charge in [0.15, 0.2) is 5.96 Å². The molecule has 1 aromatic carbocycles. The summed E-state index contributed by atoms with van der Waals surface area (Å²) >= 11 is 0. The van der Waals surface area contributed by atoms with E-state index in [9.17, 15) is 4.79 Å². The van der Waals surface area contributed by atoms with Crippen LogP contribution in [0.3, 0.4) is 0 Å². The third-order valence-corrected chi connectivity index (χ3v) is 4.60. The number of likely N-dealkylation sites (tertiary alicyclic amines) is 1. The number of ether oxygens (including phenoxy) is 1. The molecule has 1 heterocycles. The Balaban J connectivity index is 1.84. The van der Waals surface area contributed by atoms with Gasteiger partial charge in [0.1, 0.15) is 12.3 Å². The summed E-state index contributed by atoms with van der Waals surface area (Å²) in [5.41, 5.74) is 2.34. The topological polar surface area (TPSA) is 66.0 Å². The van der Waals surface area contributed by atoms with E-state index in [1.807, 2.05) is 18.7 Å². The van der Waals surface area contributed by atoms with Crippen LogP contribution in [0, 0.1) is 6.92 Å². The number of nitrogens with one attached hydrogen (secondary N) is 2. The molecule has 1 aliphatic heterocycles. The third kappa shape index (κ3) is 6.24. The molecule has 0 aromatic heterocycles. The molecule has 2 rings (SSSR count). The summed E-state index contributed by atoms with van der Waals surface area (Å²) in [6.07, 6.45) is 4.30. The lowest BCUT2D eigenvalue weighted by atomic mass is 10.1. The van der Waals surface area contributed by atoms with Crippen molar-refractivity contribution in [2.45, 2.75) is 39.5 Å². The first-order valence-corrected chi connectivity index (χ1v) is 9.57. The van der Waals surface area contributed by atoms with E-state index in [1.165, 1.54) is 12.0 Å². The van der Waals surface area contributed by atoms with Crippen molar-refractivity contribution in [3.63, 3.8) is 0 Å². The molecule has 6 heteroatoms. The van der Waals surface area contributed by atoms with Crippen LogP contribution in [0.5, 0.6) is 5.75 Å². The van der Waals surface area contributed by atoms with Crippen LogP contribution in [-0.4, -0.2) is 56.6 Å². The maximum atomic E-state index is 12.3. The van der Waals surface area contributed by atoms with Gasteiger partial charge in [-0.3, -0.25) is 4.79 Å². The summed E-state index contributed by atoms with van der Waals surface area (Å²) in [5.74, 6) is 1.72. The van der Waals surface area contributed by atoms with E-state index in [4.69, 9.17) is 4.74 Å². The Bertz CT molecular complexity index is 610. The predicted molar refractivity (Wildman–Crippen MR) is 106 cm³/mol. The average Bonchev–Trinajstić information content (AvgIpc) is 2.67. The van der Waals surface area contributed by atoms with E-state index in [2.05, 4.69) is 33.8 Å². The van der Waals surface area contributed by atoms with Gasteiger partial charge < -0.3 is 20.3 Å². The van der Waals surface area contributed by atoms with Crippen LogP contribution < -0.4 is 15.4 Å². The Morgan fingerprint density at radius 1 is 1.23 bits per heavy atom. The highest BCUT2D eigenvalue weighted by Gasteiger charge is 2.15. The number of amides is 1. The Kier molecular flexibility index (Phi) is 8.25. The molecule has 0 spiro atoms. The Morgan fingerprint density at radius 2 is 2.00 bits per heavy atom. The Labute approximate surface area is 157 Å². The normalized spacial score (nSPS) is 14.9. The quantitative estimate of drug-likeness (QED) is 0.577. The number of benzene rings is 1. The van der Waals surface area contributed by atoms with Gasteiger partial charge in [-0.25, -0.2) is 4.99 Å². The van der Waals surface area contributed by atoms with Crippen LogP contribution in [0.1, 0.15) is 37.3 Å². The Hall–Kier alpha value is -2.24. The van der Waals surface area contributed by atoms with Crippen molar-refractivity contribution in [2.24, 2.45) is 4.99 Å². The molecule has 0 saturated carbocycles. The van der Waals surface area contributed by atoms with Crippen LogP contribution >= 0.6 is 0 Å². The van der Waals surface area contributed by atoms with Gasteiger partial charge in [-0.15, -0.1) is 0 Å². The second-order valence-corrected chi connectivity index (χ2v) is 6.62. The predicted octanol–water partition coefficient (Wildman–Crippen LogP) is 2.11. The van der Waals surface area contributed by atoms with Gasteiger partial charge >= 0.3 is 0 Å². The van der Waals surface area contributed by atoms with Crippen molar-refractivity contribution >= 4 is 11.9 Å². The second-order valence-electron chi connectivity index (χ2n) is 6.62. The maximum absolute atomic E-state index is 12.3. The highest BCUT2D eigenvalue weighted by atomic mass is 16.5. The maximum Gasteiger partial charge on any atom is 0.244 e. The number of hydrogen-bond acceptors (Lipinski definition) is 3. The highest BCUT2D eigenvalue weighted by molar-refractivity contribution is 5.85. The molecule has 1 aliphatic rings. The van der Waals surface area contributed by atoms with Gasteiger partial charge in [-0.05, 0) is 56.7 Å². The summed E-state index contributed by atoms with van der Waals surface area (Å²) in [6.45, 7) is 7.51. The summed E-state index contributed by atoms with van der Waals surface area (Å²) in [6, 6.07) is 6.26. The number of aliphatic imine (C=N–C) groups is 1. The van der Waals surface area contributed by atoms with Crippen molar-refractivity contribution in [2.75, 3.05) is 39.8 Å². The van der Waals surface area contributed by atoms with Gasteiger partial charge in [0.25, 0.3) is 0 Å². The minimum absolute atomic E-state index is 0.116. The number of nitrogens with zero attached hydrogens (tertiary/aromatic N) is 2. The summed E-state index contributed by atoms with van der Waals surface area (Å²) in [7, 11) is 1.69. The molecule has 1 amide bonds. The lowest BCUT2D eigenvalue weighted by molar-refractivity contribution is -0.130. The number of carbonyl (C=O) groups excluding carboxylic acids is 1. The molecule has 0 atom stereocenters. The Morgan fingerprint density at radius 3 is 2.69 bits per heavy atom. The first-order valence-electron chi connectivity index (χ1n) is 9.57. The van der Waals surface area contributed by atoms with E-state index in [1.54, 1.807) is 7.11 Å². The number of guanidine groups is 1. The first-order chi connectivity index (χ1) is 12.6. The molecule has 0 unspecified atom stereocenters. The molecule has 0 bridgehead atoms. The molecule has 1 aromatic rings. The zero-order valence-corrected chi connectivity index (χ0v) is 16.3. The molecule has 0 aliphatic carbocycles. The lowest BCUT2D eigenvalue weighted by Crippen LogP contribution is -2.41. The second kappa shape index (κ2) is 10.7. The van der Waals surface area contributed by atoms with Crippen LogP contribution in [0.15, 0.2) is 23.2 Å². The fourth-order valence-electron chi connectivity index (χ4n) is 3.08. The van der Waals surface area contributed by atoms with Crippen molar-refractivity contribution in [1.82, 2.24) is 15.5 Å². The van der Waals surface area contributed by atoms with Crippen LogP contribution in [-0.2, 0) is 11.2 Å². The molecule has 0 radical (unpaired) electrons. The number of aryl methyl sites for hydroxylation is 1. The SMILES string of the molecule is CCNC(=NCC(=O)N1CCCCC1)NCCc1ccc(C)c(OC)c1. The van der Waals surface area contributed by atoms with Crippen LogP contribution in [0.25, 0.3) is 0 Å². The summed E-state index contributed by atoms with van der Waals surface area (Å²) < 4.78 is 5.38. The van der Waals surface area contributed by atoms with Crippen molar-refractivity contribution in [3.8, 4) is 5.75 Å².